The van der Waals surface area contributed by atoms with Crippen LogP contribution in [0.3, 0.4) is 0 Å². The van der Waals surface area contributed by atoms with Crippen LogP contribution in [0.15, 0.2) is 42.5 Å². The van der Waals surface area contributed by atoms with E-state index in [1.54, 1.807) is 0 Å². The third kappa shape index (κ3) is 4.59. The predicted molar refractivity (Wildman–Crippen MR) is 99.2 cm³/mol. The van der Waals surface area contributed by atoms with Crippen LogP contribution in [0.2, 0.25) is 0 Å². The van der Waals surface area contributed by atoms with Crippen LogP contribution in [0.25, 0.3) is 12.2 Å². The van der Waals surface area contributed by atoms with E-state index < -0.39 is 0 Å². The number of unbranched alkanes of at least 4 members (excludes halogenated alkanes) is 1. The van der Waals surface area contributed by atoms with Crippen LogP contribution in [-0.2, 0) is 12.8 Å². The molecule has 0 saturated carbocycles. The van der Waals surface area contributed by atoms with E-state index in [-0.39, 0.29) is 0 Å². The molecular weight excluding hydrogens is 264 g/mol. The standard InChI is InChI=1S/C22H28/c1-4-6-9-21-11-7-10-20(8-5-2)22(21)17-16-19-14-12-18(3)13-15-19/h7,10-17H,4-6,8-9H2,1-3H3/b17-16+. The van der Waals surface area contributed by atoms with Crippen LogP contribution < -0.4 is 0 Å². The quantitative estimate of drug-likeness (QED) is 0.514. The molecule has 22 heavy (non-hydrogen) atoms. The summed E-state index contributed by atoms with van der Waals surface area (Å²) in [6.07, 6.45) is 10.6. The molecule has 0 aromatic heterocycles. The van der Waals surface area contributed by atoms with Crippen molar-refractivity contribution in [3.63, 3.8) is 0 Å². The molecule has 0 heterocycles. The summed E-state index contributed by atoms with van der Waals surface area (Å²) >= 11 is 0. The van der Waals surface area contributed by atoms with Crippen molar-refractivity contribution in [3.8, 4) is 0 Å². The Morgan fingerprint density at radius 1 is 0.773 bits per heavy atom. The largest absolute Gasteiger partial charge is 0.0654 e. The van der Waals surface area contributed by atoms with Crippen molar-refractivity contribution in [3.05, 3.63) is 70.3 Å². The zero-order valence-electron chi connectivity index (χ0n) is 14.2. The Bertz CT molecular complexity index is 602. The molecule has 0 nitrogen and oxygen atoms in total. The summed E-state index contributed by atoms with van der Waals surface area (Å²) in [6, 6.07) is 15.5. The highest BCUT2D eigenvalue weighted by Gasteiger charge is 2.05. The van der Waals surface area contributed by atoms with E-state index in [9.17, 15) is 0 Å². The number of hydrogen-bond acceptors (Lipinski definition) is 0. The van der Waals surface area contributed by atoms with E-state index in [1.165, 1.54) is 53.5 Å². The molecule has 2 aromatic carbocycles. The van der Waals surface area contributed by atoms with Crippen molar-refractivity contribution in [2.24, 2.45) is 0 Å². The third-order valence-electron chi connectivity index (χ3n) is 4.13. The molecule has 0 amide bonds. The monoisotopic (exact) mass is 292 g/mol. The molecule has 0 saturated heterocycles. The minimum Gasteiger partial charge on any atom is -0.0654 e. The van der Waals surface area contributed by atoms with Gasteiger partial charge in [0.15, 0.2) is 0 Å². The lowest BCUT2D eigenvalue weighted by Crippen LogP contribution is -1.96. The van der Waals surface area contributed by atoms with Gasteiger partial charge in [-0.25, -0.2) is 0 Å². The Morgan fingerprint density at radius 3 is 2.09 bits per heavy atom. The molecule has 0 spiro atoms. The van der Waals surface area contributed by atoms with Gasteiger partial charge in [0.05, 0.1) is 0 Å². The lowest BCUT2D eigenvalue weighted by molar-refractivity contribution is 0.791. The second-order valence-corrected chi connectivity index (χ2v) is 6.09. The molecule has 0 unspecified atom stereocenters. The van der Waals surface area contributed by atoms with Gasteiger partial charge in [-0.15, -0.1) is 0 Å². The molecule has 0 aliphatic rings. The van der Waals surface area contributed by atoms with Gasteiger partial charge in [-0.05, 0) is 48.4 Å². The van der Waals surface area contributed by atoms with Gasteiger partial charge in [-0.3, -0.25) is 0 Å². The maximum absolute atomic E-state index is 2.32. The second-order valence-electron chi connectivity index (χ2n) is 6.09. The molecule has 0 heteroatoms. The molecule has 0 aliphatic carbocycles. The highest BCUT2D eigenvalue weighted by molar-refractivity contribution is 5.73. The van der Waals surface area contributed by atoms with Gasteiger partial charge in [-0.1, -0.05) is 86.9 Å². The normalized spacial score (nSPS) is 11.2. The van der Waals surface area contributed by atoms with Crippen LogP contribution >= 0.6 is 0 Å². The second kappa shape index (κ2) is 8.58. The molecule has 116 valence electrons. The fourth-order valence-corrected chi connectivity index (χ4v) is 2.81. The first-order valence-electron chi connectivity index (χ1n) is 8.60. The highest BCUT2D eigenvalue weighted by Crippen LogP contribution is 2.22. The van der Waals surface area contributed by atoms with Gasteiger partial charge in [0.1, 0.15) is 0 Å². The zero-order valence-corrected chi connectivity index (χ0v) is 14.2. The van der Waals surface area contributed by atoms with E-state index in [0.717, 1.165) is 6.42 Å². The van der Waals surface area contributed by atoms with Crippen LogP contribution in [0, 0.1) is 6.92 Å². The smallest absolute Gasteiger partial charge is 0.0192 e. The van der Waals surface area contributed by atoms with E-state index in [1.807, 2.05) is 0 Å². The van der Waals surface area contributed by atoms with Crippen molar-refractivity contribution in [2.45, 2.75) is 52.9 Å². The topological polar surface area (TPSA) is 0 Å². The summed E-state index contributed by atoms with van der Waals surface area (Å²) in [7, 11) is 0. The SMILES string of the molecule is CCCCc1cccc(CCC)c1/C=C/c1ccc(C)cc1. The summed E-state index contributed by atoms with van der Waals surface area (Å²) in [5.74, 6) is 0. The van der Waals surface area contributed by atoms with Crippen LogP contribution in [0.4, 0.5) is 0 Å². The van der Waals surface area contributed by atoms with Gasteiger partial charge >= 0.3 is 0 Å². The predicted octanol–water partition coefficient (Wildman–Crippen LogP) is 6.46. The zero-order chi connectivity index (χ0) is 15.8. The van der Waals surface area contributed by atoms with E-state index in [2.05, 4.69) is 75.4 Å². The minimum atomic E-state index is 1.16. The van der Waals surface area contributed by atoms with Crippen LogP contribution in [0.5, 0.6) is 0 Å². The van der Waals surface area contributed by atoms with Crippen molar-refractivity contribution in [1.82, 2.24) is 0 Å². The fraction of sp³-hybridized carbons (Fsp3) is 0.364. The highest BCUT2D eigenvalue weighted by atomic mass is 14.1. The lowest BCUT2D eigenvalue weighted by atomic mass is 9.94. The molecule has 0 fully saturated rings. The van der Waals surface area contributed by atoms with Gasteiger partial charge in [0, 0.05) is 0 Å². The first-order chi connectivity index (χ1) is 10.7. The third-order valence-corrected chi connectivity index (χ3v) is 4.13. The van der Waals surface area contributed by atoms with E-state index in [0.29, 0.717) is 0 Å². The van der Waals surface area contributed by atoms with Gasteiger partial charge in [-0.2, -0.15) is 0 Å². The maximum Gasteiger partial charge on any atom is -0.0192 e. The number of hydrogen-bond donors (Lipinski definition) is 0. The molecule has 2 aromatic rings. The van der Waals surface area contributed by atoms with Crippen molar-refractivity contribution in [1.29, 1.82) is 0 Å². The average molecular weight is 292 g/mol. The minimum absolute atomic E-state index is 1.16. The van der Waals surface area contributed by atoms with Crippen molar-refractivity contribution < 1.29 is 0 Å². The molecule has 0 bridgehead atoms. The summed E-state index contributed by atoms with van der Waals surface area (Å²) in [4.78, 5) is 0. The van der Waals surface area contributed by atoms with Crippen LogP contribution in [0.1, 0.15) is 60.9 Å². The molecule has 2 rings (SSSR count). The van der Waals surface area contributed by atoms with Gasteiger partial charge in [0.25, 0.3) is 0 Å². The molecule has 0 atom stereocenters. The Hall–Kier alpha value is -1.82. The Balaban J connectivity index is 2.31. The van der Waals surface area contributed by atoms with Crippen LogP contribution in [-0.4, -0.2) is 0 Å². The number of rotatable bonds is 7. The summed E-state index contributed by atoms with van der Waals surface area (Å²) in [5.41, 5.74) is 7.01. The average Bonchev–Trinajstić information content (AvgIpc) is 2.54. The Kier molecular flexibility index (Phi) is 6.45. The Labute approximate surface area is 135 Å². The first-order valence-corrected chi connectivity index (χ1v) is 8.60. The summed E-state index contributed by atoms with van der Waals surface area (Å²) < 4.78 is 0. The molecule has 0 aliphatic heterocycles. The van der Waals surface area contributed by atoms with E-state index >= 15 is 0 Å². The Morgan fingerprint density at radius 2 is 1.45 bits per heavy atom. The molecule has 0 radical (unpaired) electrons. The summed E-state index contributed by atoms with van der Waals surface area (Å²) in [5, 5.41) is 0. The van der Waals surface area contributed by atoms with Crippen molar-refractivity contribution in [2.75, 3.05) is 0 Å². The van der Waals surface area contributed by atoms with E-state index in [4.69, 9.17) is 0 Å². The summed E-state index contributed by atoms with van der Waals surface area (Å²) in [6.45, 7) is 6.65. The molecule has 0 N–H and O–H groups in total. The number of benzene rings is 2. The number of aryl methyl sites for hydroxylation is 3. The lowest BCUT2D eigenvalue weighted by Gasteiger charge is -2.11. The molecular formula is C22H28. The van der Waals surface area contributed by atoms with Gasteiger partial charge in [0.2, 0.25) is 0 Å². The first kappa shape index (κ1) is 16.5. The van der Waals surface area contributed by atoms with Gasteiger partial charge < -0.3 is 0 Å². The van der Waals surface area contributed by atoms with Crippen molar-refractivity contribution >= 4 is 12.2 Å². The maximum atomic E-state index is 2.32. The fourth-order valence-electron chi connectivity index (χ4n) is 2.81.